The van der Waals surface area contributed by atoms with Crippen LogP contribution in [0.2, 0.25) is 0 Å². The molecular formula is C23H29N3O2. The van der Waals surface area contributed by atoms with Crippen LogP contribution >= 0.6 is 0 Å². The van der Waals surface area contributed by atoms with Gasteiger partial charge in [-0.2, -0.15) is 0 Å². The number of piperazine rings is 1. The van der Waals surface area contributed by atoms with Gasteiger partial charge in [-0.1, -0.05) is 18.2 Å². The maximum Gasteiger partial charge on any atom is 0.224 e. The Morgan fingerprint density at radius 1 is 1.04 bits per heavy atom. The van der Waals surface area contributed by atoms with Crippen molar-refractivity contribution in [3.63, 3.8) is 0 Å². The largest absolute Gasteiger partial charge is 0.493 e. The zero-order valence-corrected chi connectivity index (χ0v) is 16.6. The summed E-state index contributed by atoms with van der Waals surface area (Å²) in [6, 6.07) is 14.7. The Labute approximate surface area is 167 Å². The summed E-state index contributed by atoms with van der Waals surface area (Å²) < 4.78 is 6.05. The maximum absolute atomic E-state index is 11.5. The third-order valence-electron chi connectivity index (χ3n) is 5.62. The molecule has 1 amide bonds. The fourth-order valence-corrected chi connectivity index (χ4v) is 4.05. The van der Waals surface area contributed by atoms with Gasteiger partial charge in [0.15, 0.2) is 0 Å². The average molecular weight is 380 g/mol. The number of carbonyl (C=O) groups is 1. The standard InChI is InChI=1S/C23H29N3O2/c1-18-5-2-6-19(17-18)26-14-12-25(13-15-26)11-4-16-28-22-8-3-7-21-20(22)9-10-23(27)24-21/h2-3,5-8,17H,4,9-16H2,1H3,(H,24,27). The number of rotatable bonds is 6. The number of anilines is 2. The Balaban J connectivity index is 1.21. The van der Waals surface area contributed by atoms with Crippen molar-refractivity contribution in [2.24, 2.45) is 0 Å². The summed E-state index contributed by atoms with van der Waals surface area (Å²) in [7, 11) is 0. The lowest BCUT2D eigenvalue weighted by molar-refractivity contribution is -0.116. The highest BCUT2D eigenvalue weighted by atomic mass is 16.5. The number of nitrogens with zero attached hydrogens (tertiary/aromatic N) is 2. The molecule has 148 valence electrons. The summed E-state index contributed by atoms with van der Waals surface area (Å²) in [5.74, 6) is 1.01. The van der Waals surface area contributed by atoms with Gasteiger partial charge in [-0.05, 0) is 49.6 Å². The number of amides is 1. The molecule has 1 N–H and O–H groups in total. The number of aryl methyl sites for hydroxylation is 1. The second kappa shape index (κ2) is 8.65. The van der Waals surface area contributed by atoms with Crippen LogP contribution in [-0.2, 0) is 11.2 Å². The van der Waals surface area contributed by atoms with E-state index in [1.807, 2.05) is 18.2 Å². The molecule has 5 heteroatoms. The highest BCUT2D eigenvalue weighted by molar-refractivity contribution is 5.94. The first-order valence-electron chi connectivity index (χ1n) is 10.3. The highest BCUT2D eigenvalue weighted by Crippen LogP contribution is 2.31. The van der Waals surface area contributed by atoms with Crippen molar-refractivity contribution in [2.75, 3.05) is 49.5 Å². The van der Waals surface area contributed by atoms with E-state index in [2.05, 4.69) is 46.3 Å². The molecule has 2 heterocycles. The van der Waals surface area contributed by atoms with E-state index in [4.69, 9.17) is 4.74 Å². The van der Waals surface area contributed by atoms with Crippen LogP contribution in [0.1, 0.15) is 24.0 Å². The Morgan fingerprint density at radius 2 is 1.86 bits per heavy atom. The van der Waals surface area contributed by atoms with Gasteiger partial charge in [0.1, 0.15) is 5.75 Å². The number of hydrogen-bond acceptors (Lipinski definition) is 4. The molecule has 1 saturated heterocycles. The van der Waals surface area contributed by atoms with Crippen molar-refractivity contribution >= 4 is 17.3 Å². The Kier molecular flexibility index (Phi) is 5.81. The number of ether oxygens (including phenoxy) is 1. The molecule has 0 spiro atoms. The zero-order chi connectivity index (χ0) is 19.3. The summed E-state index contributed by atoms with van der Waals surface area (Å²) >= 11 is 0. The number of hydrogen-bond donors (Lipinski definition) is 1. The number of carbonyl (C=O) groups excluding carboxylic acids is 1. The number of fused-ring (bicyclic) bond motifs is 1. The predicted octanol–water partition coefficient (Wildman–Crippen LogP) is 3.47. The fourth-order valence-electron chi connectivity index (χ4n) is 4.05. The molecule has 0 bridgehead atoms. The summed E-state index contributed by atoms with van der Waals surface area (Å²) in [6.45, 7) is 8.28. The summed E-state index contributed by atoms with van der Waals surface area (Å²) in [5.41, 5.74) is 4.69. The predicted molar refractivity (Wildman–Crippen MR) is 113 cm³/mol. The molecular weight excluding hydrogens is 350 g/mol. The van der Waals surface area contributed by atoms with E-state index in [0.29, 0.717) is 13.0 Å². The smallest absolute Gasteiger partial charge is 0.224 e. The van der Waals surface area contributed by atoms with Crippen LogP contribution in [0.15, 0.2) is 42.5 Å². The van der Waals surface area contributed by atoms with E-state index >= 15 is 0 Å². The molecule has 2 aromatic carbocycles. The monoisotopic (exact) mass is 379 g/mol. The van der Waals surface area contributed by atoms with Crippen LogP contribution in [0.25, 0.3) is 0 Å². The quantitative estimate of drug-likeness (QED) is 0.781. The second-order valence-electron chi connectivity index (χ2n) is 7.70. The minimum absolute atomic E-state index is 0.0921. The molecule has 0 aliphatic carbocycles. The van der Waals surface area contributed by atoms with Crippen LogP contribution < -0.4 is 15.0 Å². The molecule has 2 aliphatic rings. The van der Waals surface area contributed by atoms with Crippen LogP contribution in [0, 0.1) is 6.92 Å². The minimum atomic E-state index is 0.0921. The third kappa shape index (κ3) is 4.47. The van der Waals surface area contributed by atoms with Gasteiger partial charge in [0, 0.05) is 56.1 Å². The van der Waals surface area contributed by atoms with Gasteiger partial charge in [-0.15, -0.1) is 0 Å². The third-order valence-corrected chi connectivity index (χ3v) is 5.62. The van der Waals surface area contributed by atoms with Gasteiger partial charge in [0.2, 0.25) is 5.91 Å². The second-order valence-corrected chi connectivity index (χ2v) is 7.70. The Bertz CT molecular complexity index is 828. The van der Waals surface area contributed by atoms with Gasteiger partial charge in [0.05, 0.1) is 6.61 Å². The van der Waals surface area contributed by atoms with E-state index in [1.165, 1.54) is 11.3 Å². The van der Waals surface area contributed by atoms with Crippen molar-refractivity contribution in [2.45, 2.75) is 26.2 Å². The number of nitrogens with one attached hydrogen (secondary N) is 1. The molecule has 4 rings (SSSR count). The van der Waals surface area contributed by atoms with E-state index < -0.39 is 0 Å². The van der Waals surface area contributed by atoms with Crippen molar-refractivity contribution in [3.8, 4) is 5.75 Å². The topological polar surface area (TPSA) is 44.8 Å². The molecule has 1 fully saturated rings. The van der Waals surface area contributed by atoms with Crippen molar-refractivity contribution in [1.29, 1.82) is 0 Å². The first kappa shape index (κ1) is 18.8. The molecule has 0 aromatic heterocycles. The molecule has 0 saturated carbocycles. The van der Waals surface area contributed by atoms with E-state index in [-0.39, 0.29) is 5.91 Å². The van der Waals surface area contributed by atoms with Crippen molar-refractivity contribution < 1.29 is 9.53 Å². The molecule has 2 aromatic rings. The maximum atomic E-state index is 11.5. The Morgan fingerprint density at radius 3 is 2.68 bits per heavy atom. The van der Waals surface area contributed by atoms with Crippen LogP contribution in [0.5, 0.6) is 5.75 Å². The van der Waals surface area contributed by atoms with E-state index in [1.54, 1.807) is 0 Å². The normalized spacial score (nSPS) is 17.2. The van der Waals surface area contributed by atoms with Gasteiger partial charge >= 0.3 is 0 Å². The summed E-state index contributed by atoms with van der Waals surface area (Å²) in [5, 5.41) is 2.93. The lowest BCUT2D eigenvalue weighted by Crippen LogP contribution is -2.46. The van der Waals surface area contributed by atoms with Crippen molar-refractivity contribution in [1.82, 2.24) is 4.90 Å². The average Bonchev–Trinajstić information content (AvgIpc) is 2.71. The highest BCUT2D eigenvalue weighted by Gasteiger charge is 2.19. The van der Waals surface area contributed by atoms with E-state index in [0.717, 1.165) is 62.6 Å². The molecule has 5 nitrogen and oxygen atoms in total. The molecule has 0 atom stereocenters. The van der Waals surface area contributed by atoms with Crippen molar-refractivity contribution in [3.05, 3.63) is 53.6 Å². The summed E-state index contributed by atoms with van der Waals surface area (Å²) in [6.07, 6.45) is 2.32. The molecule has 0 unspecified atom stereocenters. The van der Waals surface area contributed by atoms with E-state index in [9.17, 15) is 4.79 Å². The first-order chi connectivity index (χ1) is 13.7. The van der Waals surface area contributed by atoms with Crippen LogP contribution in [0.4, 0.5) is 11.4 Å². The van der Waals surface area contributed by atoms with Gasteiger partial charge in [0.25, 0.3) is 0 Å². The minimum Gasteiger partial charge on any atom is -0.493 e. The zero-order valence-electron chi connectivity index (χ0n) is 16.6. The summed E-state index contributed by atoms with van der Waals surface area (Å²) in [4.78, 5) is 16.5. The van der Waals surface area contributed by atoms with Gasteiger partial charge in [-0.3, -0.25) is 9.69 Å². The number of benzene rings is 2. The fraction of sp³-hybridized carbons (Fsp3) is 0.435. The molecule has 2 aliphatic heterocycles. The van der Waals surface area contributed by atoms with Gasteiger partial charge in [-0.25, -0.2) is 0 Å². The Hall–Kier alpha value is -2.53. The lowest BCUT2D eigenvalue weighted by atomic mass is 10.0. The SMILES string of the molecule is Cc1cccc(N2CCN(CCCOc3cccc4c3CCC(=O)N4)CC2)c1. The molecule has 28 heavy (non-hydrogen) atoms. The van der Waals surface area contributed by atoms with Crippen LogP contribution in [-0.4, -0.2) is 50.1 Å². The molecule has 0 radical (unpaired) electrons. The van der Waals surface area contributed by atoms with Crippen LogP contribution in [0.3, 0.4) is 0 Å². The lowest BCUT2D eigenvalue weighted by Gasteiger charge is -2.36. The van der Waals surface area contributed by atoms with Gasteiger partial charge < -0.3 is 15.0 Å². The first-order valence-corrected chi connectivity index (χ1v) is 10.3.